The summed E-state index contributed by atoms with van der Waals surface area (Å²) < 4.78 is 45.0. The Hall–Kier alpha value is -1.83. The van der Waals surface area contributed by atoms with Gasteiger partial charge in [0.15, 0.2) is 5.69 Å². The summed E-state index contributed by atoms with van der Waals surface area (Å²) in [5.41, 5.74) is -0.192. The molecular formula is C16H21F3N4O. The molecule has 2 aromatic rings. The van der Waals surface area contributed by atoms with E-state index >= 15 is 0 Å². The van der Waals surface area contributed by atoms with Gasteiger partial charge in [0.25, 0.3) is 0 Å². The monoisotopic (exact) mass is 342 g/mol. The van der Waals surface area contributed by atoms with Gasteiger partial charge in [0, 0.05) is 36.2 Å². The molecule has 3 heterocycles. The molecule has 0 saturated carbocycles. The van der Waals surface area contributed by atoms with Crippen LogP contribution in [0.25, 0.3) is 0 Å². The summed E-state index contributed by atoms with van der Waals surface area (Å²) in [7, 11) is 0. The number of halogens is 3. The summed E-state index contributed by atoms with van der Waals surface area (Å²) in [6.45, 7) is 8.77. The summed E-state index contributed by atoms with van der Waals surface area (Å²) in [6, 6.07) is -0.203. The lowest BCUT2D eigenvalue weighted by Gasteiger charge is -2.31. The molecule has 0 radical (unpaired) electrons. The van der Waals surface area contributed by atoms with Gasteiger partial charge in [-0.15, -0.1) is 0 Å². The Morgan fingerprint density at radius 1 is 1.29 bits per heavy atom. The van der Waals surface area contributed by atoms with E-state index in [4.69, 9.17) is 4.42 Å². The second-order valence-corrected chi connectivity index (χ2v) is 7.24. The zero-order valence-electron chi connectivity index (χ0n) is 14.2. The molecule has 0 bridgehead atoms. The molecule has 24 heavy (non-hydrogen) atoms. The van der Waals surface area contributed by atoms with Gasteiger partial charge in [-0.3, -0.25) is 10.00 Å². The van der Waals surface area contributed by atoms with E-state index in [9.17, 15) is 13.2 Å². The van der Waals surface area contributed by atoms with Crippen LogP contribution in [0.1, 0.15) is 62.3 Å². The van der Waals surface area contributed by atoms with Crippen molar-refractivity contribution in [2.45, 2.75) is 58.3 Å². The van der Waals surface area contributed by atoms with Crippen molar-refractivity contribution in [1.82, 2.24) is 20.1 Å². The van der Waals surface area contributed by atoms with Gasteiger partial charge in [-0.25, -0.2) is 4.98 Å². The normalized spacial score (nSPS) is 17.8. The minimum atomic E-state index is -4.45. The topological polar surface area (TPSA) is 58.0 Å². The summed E-state index contributed by atoms with van der Waals surface area (Å²) in [6.07, 6.45) is -2.26. The molecular weight excluding hydrogens is 321 g/mol. The molecule has 1 N–H and O–H groups in total. The third kappa shape index (κ3) is 3.07. The molecule has 8 heteroatoms. The van der Waals surface area contributed by atoms with Crippen LogP contribution in [0.3, 0.4) is 0 Å². The second-order valence-electron chi connectivity index (χ2n) is 7.24. The Balaban J connectivity index is 1.82. The molecule has 0 spiro atoms. The van der Waals surface area contributed by atoms with E-state index < -0.39 is 11.9 Å². The van der Waals surface area contributed by atoms with Gasteiger partial charge in [-0.2, -0.15) is 18.3 Å². The molecule has 1 aliphatic rings. The maximum atomic E-state index is 13.1. The Kier molecular flexibility index (Phi) is 3.98. The van der Waals surface area contributed by atoms with Crippen molar-refractivity contribution in [1.29, 1.82) is 0 Å². The van der Waals surface area contributed by atoms with Crippen LogP contribution < -0.4 is 0 Å². The van der Waals surface area contributed by atoms with E-state index in [1.807, 2.05) is 32.6 Å². The number of fused-ring (bicyclic) bond motifs is 1. The number of aromatic nitrogens is 3. The van der Waals surface area contributed by atoms with Crippen LogP contribution >= 0.6 is 0 Å². The van der Waals surface area contributed by atoms with Crippen molar-refractivity contribution >= 4 is 0 Å². The minimum absolute atomic E-state index is 0.159. The number of alkyl halides is 3. The highest BCUT2D eigenvalue weighted by Gasteiger charge is 2.40. The van der Waals surface area contributed by atoms with E-state index in [-0.39, 0.29) is 23.6 Å². The molecule has 132 valence electrons. The van der Waals surface area contributed by atoms with Crippen molar-refractivity contribution in [3.63, 3.8) is 0 Å². The van der Waals surface area contributed by atoms with Gasteiger partial charge in [0.1, 0.15) is 5.76 Å². The van der Waals surface area contributed by atoms with Crippen LogP contribution in [0.15, 0.2) is 10.6 Å². The largest absolute Gasteiger partial charge is 0.443 e. The lowest BCUT2D eigenvalue weighted by molar-refractivity contribution is -0.142. The standard InChI is InChI=1S/C16H21F3N4O/c1-9(14-20-7-12(24-14)15(2,3)4)23-6-5-11-10(8-23)13(22-21-11)16(17,18)19/h7,9H,5-6,8H2,1-4H3,(H,21,22)/t9-/m1/s1. The Morgan fingerprint density at radius 2 is 2.00 bits per heavy atom. The first-order valence-corrected chi connectivity index (χ1v) is 7.91. The smallest absolute Gasteiger partial charge is 0.435 e. The maximum Gasteiger partial charge on any atom is 0.435 e. The van der Waals surface area contributed by atoms with E-state index in [1.54, 1.807) is 6.20 Å². The average molecular weight is 342 g/mol. The zero-order valence-corrected chi connectivity index (χ0v) is 14.2. The number of nitrogens with one attached hydrogen (secondary N) is 1. The Bertz CT molecular complexity index is 726. The average Bonchev–Trinajstić information content (AvgIpc) is 3.11. The molecule has 2 aromatic heterocycles. The number of H-pyrrole nitrogens is 1. The van der Waals surface area contributed by atoms with E-state index in [1.165, 1.54) is 0 Å². The van der Waals surface area contributed by atoms with Gasteiger partial charge in [-0.1, -0.05) is 20.8 Å². The molecule has 0 fully saturated rings. The number of rotatable bonds is 2. The molecule has 1 atom stereocenters. The van der Waals surface area contributed by atoms with Crippen LogP contribution in [0, 0.1) is 0 Å². The predicted molar refractivity (Wildman–Crippen MR) is 81.3 cm³/mol. The second kappa shape index (κ2) is 5.61. The van der Waals surface area contributed by atoms with Crippen LogP contribution in [-0.2, 0) is 24.6 Å². The van der Waals surface area contributed by atoms with Crippen molar-refractivity contribution < 1.29 is 17.6 Å². The SMILES string of the molecule is C[C@H](c1ncc(C(C)(C)C)o1)N1CCc2[nH]nc(C(F)(F)F)c2C1. The van der Waals surface area contributed by atoms with Crippen LogP contribution in [0.4, 0.5) is 13.2 Å². The van der Waals surface area contributed by atoms with E-state index in [0.717, 1.165) is 5.76 Å². The van der Waals surface area contributed by atoms with Crippen LogP contribution in [0.5, 0.6) is 0 Å². The zero-order chi connectivity index (χ0) is 17.7. The number of nitrogens with zero attached hydrogens (tertiary/aromatic N) is 3. The number of hydrogen-bond acceptors (Lipinski definition) is 4. The van der Waals surface area contributed by atoms with E-state index in [2.05, 4.69) is 15.2 Å². The van der Waals surface area contributed by atoms with Crippen molar-refractivity contribution in [3.8, 4) is 0 Å². The highest BCUT2D eigenvalue weighted by molar-refractivity contribution is 5.29. The molecule has 0 saturated heterocycles. The van der Waals surface area contributed by atoms with Gasteiger partial charge >= 0.3 is 6.18 Å². The van der Waals surface area contributed by atoms with Gasteiger partial charge in [-0.05, 0) is 6.92 Å². The summed E-state index contributed by atoms with van der Waals surface area (Å²) in [5.74, 6) is 1.29. The number of aromatic amines is 1. The van der Waals surface area contributed by atoms with Crippen molar-refractivity contribution in [2.75, 3.05) is 6.54 Å². The fourth-order valence-electron chi connectivity index (χ4n) is 2.86. The summed E-state index contributed by atoms with van der Waals surface area (Å²) >= 11 is 0. The molecule has 0 aromatic carbocycles. The lowest BCUT2D eigenvalue weighted by Crippen LogP contribution is -2.33. The predicted octanol–water partition coefficient (Wildman–Crippen LogP) is 3.83. The molecule has 0 amide bonds. The van der Waals surface area contributed by atoms with Gasteiger partial charge < -0.3 is 4.42 Å². The van der Waals surface area contributed by atoms with Gasteiger partial charge in [0.2, 0.25) is 5.89 Å². The third-order valence-corrected chi connectivity index (χ3v) is 4.40. The Labute approximate surface area is 138 Å². The first-order valence-electron chi connectivity index (χ1n) is 7.91. The molecule has 0 unspecified atom stereocenters. The van der Waals surface area contributed by atoms with E-state index in [0.29, 0.717) is 24.6 Å². The fourth-order valence-corrected chi connectivity index (χ4v) is 2.86. The quantitative estimate of drug-likeness (QED) is 0.901. The van der Waals surface area contributed by atoms with Gasteiger partial charge in [0.05, 0.1) is 12.2 Å². The van der Waals surface area contributed by atoms with Crippen LogP contribution in [-0.4, -0.2) is 26.6 Å². The first kappa shape index (κ1) is 17.0. The lowest BCUT2D eigenvalue weighted by atomic mass is 9.94. The first-order chi connectivity index (χ1) is 11.1. The fraction of sp³-hybridized carbons (Fsp3) is 0.625. The molecule has 0 aliphatic carbocycles. The van der Waals surface area contributed by atoms with Crippen molar-refractivity contribution in [3.05, 3.63) is 34.8 Å². The van der Waals surface area contributed by atoms with Crippen molar-refractivity contribution in [2.24, 2.45) is 0 Å². The molecule has 5 nitrogen and oxygen atoms in total. The maximum absolute atomic E-state index is 13.1. The minimum Gasteiger partial charge on any atom is -0.443 e. The summed E-state index contributed by atoms with van der Waals surface area (Å²) in [5, 5.41) is 5.98. The molecule has 3 rings (SSSR count). The third-order valence-electron chi connectivity index (χ3n) is 4.40. The van der Waals surface area contributed by atoms with Crippen LogP contribution in [0.2, 0.25) is 0 Å². The Morgan fingerprint density at radius 3 is 2.58 bits per heavy atom. The molecule has 1 aliphatic heterocycles. The highest BCUT2D eigenvalue weighted by Crippen LogP contribution is 2.36. The number of oxazole rings is 1. The highest BCUT2D eigenvalue weighted by atomic mass is 19.4. The summed E-state index contributed by atoms with van der Waals surface area (Å²) in [4.78, 5) is 6.25. The number of hydrogen-bond donors (Lipinski definition) is 1.